The van der Waals surface area contributed by atoms with Gasteiger partial charge >= 0.3 is 5.97 Å². The van der Waals surface area contributed by atoms with Crippen molar-refractivity contribution in [2.75, 3.05) is 0 Å². The van der Waals surface area contributed by atoms with Gasteiger partial charge in [0.2, 0.25) is 0 Å². The Morgan fingerprint density at radius 2 is 2.10 bits per heavy atom. The number of ketones is 1. The number of rotatable bonds is 2. The maximum absolute atomic E-state index is 12.3. The number of carbonyl (C=O) groups excluding carboxylic acids is 2. The lowest BCUT2D eigenvalue weighted by atomic mass is 9.69. The maximum Gasteiger partial charge on any atom is 0.302 e. The zero-order valence-electron chi connectivity index (χ0n) is 12.6. The molecule has 0 aliphatic heterocycles. The quantitative estimate of drug-likeness (QED) is 0.574. The fourth-order valence-electron chi connectivity index (χ4n) is 5.22. The summed E-state index contributed by atoms with van der Waals surface area (Å²) in [6.45, 7) is 11.8. The molecule has 0 N–H and O–H groups in total. The molecule has 0 saturated heterocycles. The fourth-order valence-corrected chi connectivity index (χ4v) is 5.22. The third-order valence-corrected chi connectivity index (χ3v) is 5.60. The third kappa shape index (κ3) is 1.46. The summed E-state index contributed by atoms with van der Waals surface area (Å²) in [4.78, 5) is 23.7. The molecule has 0 heterocycles. The molecule has 108 valence electrons. The standard InChI is InChI=1S/C17H22O3/c1-8(2)14-16-13(20-11(5)18)6-9(3)15-12(19)7-10(4)17(14,15)16/h7,9,13-16H,1,6H2,2-5H3/t9-,13+,14+,15?,16-,17-/m1/s1. The van der Waals surface area contributed by atoms with Crippen molar-refractivity contribution in [3.05, 3.63) is 23.8 Å². The van der Waals surface area contributed by atoms with Crippen LogP contribution >= 0.6 is 0 Å². The number of carbonyl (C=O) groups is 2. The van der Waals surface area contributed by atoms with Crippen LogP contribution in [0.1, 0.15) is 34.1 Å². The van der Waals surface area contributed by atoms with E-state index >= 15 is 0 Å². The van der Waals surface area contributed by atoms with Crippen molar-refractivity contribution in [1.29, 1.82) is 0 Å². The van der Waals surface area contributed by atoms with Gasteiger partial charge in [-0.25, -0.2) is 0 Å². The first-order valence-corrected chi connectivity index (χ1v) is 7.37. The highest BCUT2D eigenvalue weighted by Gasteiger charge is 2.77. The molecule has 1 unspecified atom stereocenters. The average molecular weight is 274 g/mol. The molecular weight excluding hydrogens is 252 g/mol. The van der Waals surface area contributed by atoms with Gasteiger partial charge in [0, 0.05) is 24.2 Å². The highest BCUT2D eigenvalue weighted by molar-refractivity contribution is 5.98. The van der Waals surface area contributed by atoms with Crippen LogP contribution in [-0.4, -0.2) is 17.9 Å². The van der Waals surface area contributed by atoms with E-state index in [0.717, 1.165) is 17.6 Å². The van der Waals surface area contributed by atoms with E-state index in [1.54, 1.807) is 0 Å². The summed E-state index contributed by atoms with van der Waals surface area (Å²) >= 11 is 0. The van der Waals surface area contributed by atoms with E-state index in [2.05, 4.69) is 20.4 Å². The molecule has 3 aliphatic rings. The van der Waals surface area contributed by atoms with E-state index in [0.29, 0.717) is 0 Å². The first kappa shape index (κ1) is 13.6. The normalized spacial score (nSPS) is 45.3. The van der Waals surface area contributed by atoms with Crippen LogP contribution in [0.2, 0.25) is 0 Å². The van der Waals surface area contributed by atoms with E-state index in [1.165, 1.54) is 6.92 Å². The Labute approximate surface area is 120 Å². The summed E-state index contributed by atoms with van der Waals surface area (Å²) in [7, 11) is 0. The molecule has 6 atom stereocenters. The van der Waals surface area contributed by atoms with Gasteiger partial charge in [0.25, 0.3) is 0 Å². The minimum absolute atomic E-state index is 0.0565. The minimum Gasteiger partial charge on any atom is -0.462 e. The lowest BCUT2D eigenvalue weighted by Gasteiger charge is -2.36. The molecular formula is C17H22O3. The Bertz CT molecular complexity index is 544. The van der Waals surface area contributed by atoms with Gasteiger partial charge in [0.15, 0.2) is 5.78 Å². The Morgan fingerprint density at radius 3 is 2.65 bits per heavy atom. The van der Waals surface area contributed by atoms with Gasteiger partial charge in [-0.2, -0.15) is 0 Å². The number of esters is 1. The largest absolute Gasteiger partial charge is 0.462 e. The molecule has 3 rings (SSSR count). The Balaban J connectivity index is 2.04. The molecule has 3 heteroatoms. The van der Waals surface area contributed by atoms with Crippen molar-refractivity contribution in [3.8, 4) is 0 Å². The van der Waals surface area contributed by atoms with Crippen molar-refractivity contribution in [1.82, 2.24) is 0 Å². The monoisotopic (exact) mass is 274 g/mol. The lowest BCUT2D eigenvalue weighted by molar-refractivity contribution is -0.151. The van der Waals surface area contributed by atoms with Crippen LogP contribution in [0.4, 0.5) is 0 Å². The molecule has 2 fully saturated rings. The summed E-state index contributed by atoms with van der Waals surface area (Å²) < 4.78 is 5.56. The lowest BCUT2D eigenvalue weighted by Crippen LogP contribution is -2.38. The van der Waals surface area contributed by atoms with E-state index in [-0.39, 0.29) is 46.9 Å². The van der Waals surface area contributed by atoms with E-state index in [9.17, 15) is 9.59 Å². The second-order valence-electron chi connectivity index (χ2n) is 6.85. The van der Waals surface area contributed by atoms with Crippen LogP contribution in [0, 0.1) is 29.1 Å². The molecule has 0 aromatic carbocycles. The van der Waals surface area contributed by atoms with Crippen molar-refractivity contribution in [2.24, 2.45) is 29.1 Å². The van der Waals surface area contributed by atoms with Gasteiger partial charge in [-0.05, 0) is 38.2 Å². The van der Waals surface area contributed by atoms with Gasteiger partial charge in [0.05, 0.1) is 0 Å². The summed E-state index contributed by atoms with van der Waals surface area (Å²) in [6, 6.07) is 0. The molecule has 0 radical (unpaired) electrons. The molecule has 0 bridgehead atoms. The summed E-state index contributed by atoms with van der Waals surface area (Å²) in [6.07, 6.45) is 2.52. The van der Waals surface area contributed by atoms with Gasteiger partial charge in [-0.3, -0.25) is 9.59 Å². The molecule has 0 aromatic rings. The van der Waals surface area contributed by atoms with Crippen LogP contribution in [0.25, 0.3) is 0 Å². The van der Waals surface area contributed by atoms with Crippen LogP contribution in [0.15, 0.2) is 23.8 Å². The second kappa shape index (κ2) is 4.06. The summed E-state index contributed by atoms with van der Waals surface area (Å²) in [5.74, 6) is 0.860. The first-order valence-electron chi connectivity index (χ1n) is 7.37. The molecule has 3 aliphatic carbocycles. The van der Waals surface area contributed by atoms with Crippen LogP contribution in [0.3, 0.4) is 0 Å². The summed E-state index contributed by atoms with van der Waals surface area (Å²) in [5, 5.41) is 0. The average Bonchev–Trinajstić information content (AvgIpc) is 2.91. The van der Waals surface area contributed by atoms with E-state index in [1.807, 2.05) is 13.0 Å². The van der Waals surface area contributed by atoms with Crippen molar-refractivity contribution >= 4 is 11.8 Å². The molecule has 3 nitrogen and oxygen atoms in total. The molecule has 1 spiro atoms. The predicted molar refractivity (Wildman–Crippen MR) is 75.8 cm³/mol. The Morgan fingerprint density at radius 1 is 1.45 bits per heavy atom. The molecule has 0 aromatic heterocycles. The molecule has 20 heavy (non-hydrogen) atoms. The first-order chi connectivity index (χ1) is 9.31. The van der Waals surface area contributed by atoms with Gasteiger partial charge < -0.3 is 4.74 Å². The van der Waals surface area contributed by atoms with E-state index in [4.69, 9.17) is 4.74 Å². The highest BCUT2D eigenvalue weighted by Crippen LogP contribution is 2.77. The van der Waals surface area contributed by atoms with Crippen LogP contribution in [0.5, 0.6) is 0 Å². The number of allylic oxidation sites excluding steroid dienone is 3. The predicted octanol–water partition coefficient (Wildman–Crippen LogP) is 2.91. The Kier molecular flexibility index (Phi) is 2.76. The van der Waals surface area contributed by atoms with Crippen molar-refractivity contribution < 1.29 is 14.3 Å². The number of ether oxygens (including phenoxy) is 1. The van der Waals surface area contributed by atoms with E-state index < -0.39 is 0 Å². The summed E-state index contributed by atoms with van der Waals surface area (Å²) in [5.41, 5.74) is 2.16. The molecule has 2 saturated carbocycles. The van der Waals surface area contributed by atoms with Gasteiger partial charge in [0.1, 0.15) is 6.10 Å². The van der Waals surface area contributed by atoms with Gasteiger partial charge in [-0.1, -0.05) is 24.6 Å². The van der Waals surface area contributed by atoms with Gasteiger partial charge in [-0.15, -0.1) is 0 Å². The smallest absolute Gasteiger partial charge is 0.302 e. The number of hydrogen-bond donors (Lipinski definition) is 0. The zero-order chi connectivity index (χ0) is 14.8. The van der Waals surface area contributed by atoms with Crippen LogP contribution in [-0.2, 0) is 14.3 Å². The zero-order valence-corrected chi connectivity index (χ0v) is 12.6. The third-order valence-electron chi connectivity index (χ3n) is 5.60. The number of hydrogen-bond acceptors (Lipinski definition) is 3. The van der Waals surface area contributed by atoms with Crippen molar-refractivity contribution in [3.63, 3.8) is 0 Å². The topological polar surface area (TPSA) is 43.4 Å². The molecule has 0 amide bonds. The SMILES string of the molecule is C=C(C)[C@H]1[C@H]2[C@@H](OC(C)=O)C[C@@H](C)C3C(=O)C=C(C)[C@@]321. The van der Waals surface area contributed by atoms with Crippen molar-refractivity contribution in [2.45, 2.75) is 40.2 Å². The minimum atomic E-state index is -0.228. The fraction of sp³-hybridized carbons (Fsp3) is 0.647. The maximum atomic E-state index is 12.3. The Hall–Kier alpha value is -1.38. The highest BCUT2D eigenvalue weighted by atomic mass is 16.5. The van der Waals surface area contributed by atoms with Crippen LogP contribution < -0.4 is 0 Å². The second-order valence-corrected chi connectivity index (χ2v) is 6.85.